The van der Waals surface area contributed by atoms with Gasteiger partial charge in [-0.05, 0) is 72.5 Å². The number of nitrogens with zero attached hydrogens (tertiary/aromatic N) is 1. The van der Waals surface area contributed by atoms with Crippen LogP contribution in [0.2, 0.25) is 0 Å². The molecular formula is C30H25N3O5S. The van der Waals surface area contributed by atoms with E-state index in [9.17, 15) is 14.4 Å². The van der Waals surface area contributed by atoms with Crippen LogP contribution in [0, 0.1) is 0 Å². The normalized spacial score (nSPS) is 11.2. The maximum atomic E-state index is 12.9. The first-order valence-corrected chi connectivity index (χ1v) is 12.9. The number of hydrazone groups is 1. The highest BCUT2D eigenvalue weighted by atomic mass is 32.1. The molecule has 0 fully saturated rings. The van der Waals surface area contributed by atoms with Crippen LogP contribution in [0.25, 0.3) is 6.08 Å². The topological polar surface area (TPSA) is 106 Å². The Kier molecular flexibility index (Phi) is 9.36. The van der Waals surface area contributed by atoms with Gasteiger partial charge in [0.1, 0.15) is 5.70 Å². The van der Waals surface area contributed by atoms with E-state index in [0.29, 0.717) is 29.0 Å². The lowest BCUT2D eigenvalue weighted by molar-refractivity contribution is -0.117. The molecule has 0 atom stereocenters. The van der Waals surface area contributed by atoms with E-state index in [0.717, 1.165) is 4.88 Å². The zero-order valence-electron chi connectivity index (χ0n) is 21.0. The van der Waals surface area contributed by atoms with Crippen LogP contribution in [0.1, 0.15) is 38.1 Å². The van der Waals surface area contributed by atoms with E-state index in [-0.39, 0.29) is 11.4 Å². The summed E-state index contributed by atoms with van der Waals surface area (Å²) in [7, 11) is 0. The molecule has 0 bridgehead atoms. The molecule has 0 aliphatic rings. The maximum absolute atomic E-state index is 12.9. The molecule has 8 nitrogen and oxygen atoms in total. The van der Waals surface area contributed by atoms with Crippen LogP contribution >= 0.6 is 11.3 Å². The van der Waals surface area contributed by atoms with E-state index in [1.165, 1.54) is 17.6 Å². The van der Waals surface area contributed by atoms with Crippen LogP contribution in [-0.4, -0.2) is 30.6 Å². The molecule has 0 aliphatic heterocycles. The third-order valence-electron chi connectivity index (χ3n) is 5.22. The van der Waals surface area contributed by atoms with Gasteiger partial charge in [0, 0.05) is 10.4 Å². The van der Waals surface area contributed by atoms with Crippen LogP contribution in [0.4, 0.5) is 0 Å². The number of hydrogen-bond acceptors (Lipinski definition) is 7. The van der Waals surface area contributed by atoms with E-state index < -0.39 is 17.8 Å². The molecule has 2 amide bonds. The smallest absolute Gasteiger partial charge is 0.343 e. The van der Waals surface area contributed by atoms with Crippen LogP contribution in [-0.2, 0) is 4.79 Å². The molecule has 0 aliphatic carbocycles. The van der Waals surface area contributed by atoms with E-state index in [1.54, 1.807) is 78.9 Å². The number of carbonyl (C=O) groups excluding carboxylic acids is 3. The van der Waals surface area contributed by atoms with E-state index in [2.05, 4.69) is 15.8 Å². The second kappa shape index (κ2) is 13.5. The van der Waals surface area contributed by atoms with Crippen molar-refractivity contribution in [3.05, 3.63) is 124 Å². The molecule has 9 heteroatoms. The Hall–Kier alpha value is -5.02. The van der Waals surface area contributed by atoms with Gasteiger partial charge in [-0.3, -0.25) is 9.59 Å². The molecule has 0 radical (unpaired) electrons. The number of benzene rings is 3. The second-order valence-electron chi connectivity index (χ2n) is 7.99. The molecule has 39 heavy (non-hydrogen) atoms. The number of carbonyl (C=O) groups is 3. The number of rotatable bonds is 10. The van der Waals surface area contributed by atoms with Crippen LogP contribution in [0.3, 0.4) is 0 Å². The minimum atomic E-state index is -0.595. The van der Waals surface area contributed by atoms with Crippen molar-refractivity contribution in [3.8, 4) is 11.5 Å². The fraction of sp³-hybridized carbons (Fsp3) is 0.0667. The molecular weight excluding hydrogens is 514 g/mol. The summed E-state index contributed by atoms with van der Waals surface area (Å²) in [5.41, 5.74) is 3.92. The van der Waals surface area contributed by atoms with Gasteiger partial charge < -0.3 is 14.8 Å². The maximum Gasteiger partial charge on any atom is 0.343 e. The van der Waals surface area contributed by atoms with Gasteiger partial charge in [0.05, 0.1) is 18.4 Å². The second-order valence-corrected chi connectivity index (χ2v) is 8.97. The Morgan fingerprint density at radius 3 is 2.26 bits per heavy atom. The van der Waals surface area contributed by atoms with Crippen LogP contribution in [0.5, 0.6) is 11.5 Å². The summed E-state index contributed by atoms with van der Waals surface area (Å²) in [6.45, 7) is 2.17. The summed E-state index contributed by atoms with van der Waals surface area (Å²) in [4.78, 5) is 38.8. The molecule has 4 rings (SSSR count). The van der Waals surface area contributed by atoms with Crippen molar-refractivity contribution in [2.45, 2.75) is 6.92 Å². The number of thiophene rings is 1. The molecule has 3 aromatic carbocycles. The van der Waals surface area contributed by atoms with Gasteiger partial charge in [0.2, 0.25) is 0 Å². The third kappa shape index (κ3) is 7.73. The van der Waals surface area contributed by atoms with Crippen molar-refractivity contribution in [3.63, 3.8) is 0 Å². The Balaban J connectivity index is 1.46. The summed E-state index contributed by atoms with van der Waals surface area (Å²) < 4.78 is 11.2. The number of esters is 1. The lowest BCUT2D eigenvalue weighted by Crippen LogP contribution is -2.32. The van der Waals surface area contributed by atoms with Crippen molar-refractivity contribution >= 4 is 41.4 Å². The number of amides is 2. The molecule has 0 saturated carbocycles. The third-order valence-corrected chi connectivity index (χ3v) is 6.04. The lowest BCUT2D eigenvalue weighted by Gasteiger charge is -2.11. The van der Waals surface area contributed by atoms with Gasteiger partial charge in [-0.1, -0.05) is 42.5 Å². The Labute approximate surface area is 229 Å². The summed E-state index contributed by atoms with van der Waals surface area (Å²) in [6.07, 6.45) is 3.00. The molecule has 4 aromatic rings. The predicted octanol–water partition coefficient (Wildman–Crippen LogP) is 5.29. The zero-order valence-corrected chi connectivity index (χ0v) is 21.8. The number of nitrogens with one attached hydrogen (secondary N) is 2. The Morgan fingerprint density at radius 2 is 1.59 bits per heavy atom. The Bertz CT molecular complexity index is 1480. The van der Waals surface area contributed by atoms with Crippen molar-refractivity contribution in [1.29, 1.82) is 0 Å². The molecule has 0 spiro atoms. The van der Waals surface area contributed by atoms with Gasteiger partial charge in [0.25, 0.3) is 11.8 Å². The molecule has 0 saturated heterocycles. The van der Waals surface area contributed by atoms with Crippen molar-refractivity contribution < 1.29 is 23.9 Å². The van der Waals surface area contributed by atoms with Gasteiger partial charge in [0.15, 0.2) is 11.5 Å². The van der Waals surface area contributed by atoms with Gasteiger partial charge in [-0.25, -0.2) is 10.2 Å². The molecule has 0 unspecified atom stereocenters. The van der Waals surface area contributed by atoms with Gasteiger partial charge in [-0.2, -0.15) is 5.10 Å². The van der Waals surface area contributed by atoms with Crippen molar-refractivity contribution in [2.24, 2.45) is 5.10 Å². The van der Waals surface area contributed by atoms with E-state index in [1.807, 2.05) is 30.5 Å². The average molecular weight is 540 g/mol. The summed E-state index contributed by atoms with van der Waals surface area (Å²) >= 11 is 1.43. The van der Waals surface area contributed by atoms with Gasteiger partial charge >= 0.3 is 5.97 Å². The molecule has 2 N–H and O–H groups in total. The summed E-state index contributed by atoms with van der Waals surface area (Å²) in [6, 6.07) is 25.8. The minimum Gasteiger partial charge on any atom is -0.490 e. The molecule has 1 heterocycles. The van der Waals surface area contributed by atoms with Crippen molar-refractivity contribution in [2.75, 3.05) is 6.61 Å². The lowest BCUT2D eigenvalue weighted by atomic mass is 10.2. The minimum absolute atomic E-state index is 0.0432. The van der Waals surface area contributed by atoms with Crippen LogP contribution < -0.4 is 20.2 Å². The van der Waals surface area contributed by atoms with E-state index in [4.69, 9.17) is 9.47 Å². The SMILES string of the molecule is CCOc1cc(/C=N/NC(=O)/C(=C/c2cccs2)NC(=O)c2ccccc2)ccc1OC(=O)c1ccccc1. The average Bonchev–Trinajstić information content (AvgIpc) is 3.48. The van der Waals surface area contributed by atoms with E-state index >= 15 is 0 Å². The first-order chi connectivity index (χ1) is 19.0. The van der Waals surface area contributed by atoms with Crippen LogP contribution in [0.15, 0.2) is 107 Å². The fourth-order valence-corrected chi connectivity index (χ4v) is 4.03. The monoisotopic (exact) mass is 539 g/mol. The zero-order chi connectivity index (χ0) is 27.5. The fourth-order valence-electron chi connectivity index (χ4n) is 3.37. The quantitative estimate of drug-likeness (QED) is 0.0937. The summed E-state index contributed by atoms with van der Waals surface area (Å²) in [5.74, 6) is -0.906. The first kappa shape index (κ1) is 27.0. The molecule has 196 valence electrons. The standard InChI is InChI=1S/C30H25N3O5S/c1-2-37-27-18-21(15-16-26(27)38-30(36)23-12-7-4-8-13-23)20-31-33-29(35)25(19-24-14-9-17-39-24)32-28(34)22-10-5-3-6-11-22/h3-20H,2H2,1H3,(H,32,34)(H,33,35)/b25-19-,31-20+. The highest BCUT2D eigenvalue weighted by Crippen LogP contribution is 2.29. The Morgan fingerprint density at radius 1 is 0.872 bits per heavy atom. The van der Waals surface area contributed by atoms with Gasteiger partial charge in [-0.15, -0.1) is 11.3 Å². The predicted molar refractivity (Wildman–Crippen MR) is 151 cm³/mol. The highest BCUT2D eigenvalue weighted by molar-refractivity contribution is 7.10. The number of hydrogen-bond donors (Lipinski definition) is 2. The highest BCUT2D eigenvalue weighted by Gasteiger charge is 2.15. The molecule has 1 aromatic heterocycles. The number of ether oxygens (including phenoxy) is 2. The largest absolute Gasteiger partial charge is 0.490 e. The first-order valence-electron chi connectivity index (χ1n) is 12.0. The van der Waals surface area contributed by atoms with Crippen molar-refractivity contribution in [1.82, 2.24) is 10.7 Å². The summed E-state index contributed by atoms with van der Waals surface area (Å²) in [5, 5.41) is 8.56.